The highest BCUT2D eigenvalue weighted by molar-refractivity contribution is 5.78. The van der Waals surface area contributed by atoms with Crippen molar-refractivity contribution in [2.24, 2.45) is 0 Å². The zero-order valence-corrected chi connectivity index (χ0v) is 9.45. The molecule has 0 spiro atoms. The molecule has 0 atom stereocenters. The number of aliphatic carboxylic acids is 1. The Kier molecular flexibility index (Phi) is 4.50. The third kappa shape index (κ3) is 2.90. The van der Waals surface area contributed by atoms with E-state index in [9.17, 15) is 4.79 Å². The lowest BCUT2D eigenvalue weighted by atomic mass is 9.88. The number of methoxy groups -OCH3 is 1. The average molecular weight is 216 g/mol. The van der Waals surface area contributed by atoms with Gasteiger partial charge in [0.25, 0.3) is 0 Å². The van der Waals surface area contributed by atoms with E-state index in [0.717, 1.165) is 19.6 Å². The van der Waals surface area contributed by atoms with Crippen LogP contribution in [0.1, 0.15) is 12.8 Å². The van der Waals surface area contributed by atoms with Gasteiger partial charge in [0.2, 0.25) is 0 Å². The second-order valence-corrected chi connectivity index (χ2v) is 3.97. The lowest BCUT2D eigenvalue weighted by molar-refractivity contribution is -0.146. The largest absolute Gasteiger partial charge is 0.480 e. The molecule has 1 fully saturated rings. The van der Waals surface area contributed by atoms with Crippen LogP contribution in [-0.2, 0) is 9.53 Å². The number of carboxylic acid groups (broad SMARTS) is 1. The highest BCUT2D eigenvalue weighted by Crippen LogP contribution is 2.21. The van der Waals surface area contributed by atoms with E-state index in [1.54, 1.807) is 14.2 Å². The van der Waals surface area contributed by atoms with Crippen LogP contribution in [0.2, 0.25) is 0 Å². The summed E-state index contributed by atoms with van der Waals surface area (Å²) in [6.45, 7) is 3.22. The normalized spacial score (nSPS) is 21.5. The van der Waals surface area contributed by atoms with Gasteiger partial charge in [-0.1, -0.05) is 0 Å². The summed E-state index contributed by atoms with van der Waals surface area (Å²) in [4.78, 5) is 13.4. The van der Waals surface area contributed by atoms with Crippen LogP contribution in [-0.4, -0.2) is 61.9 Å². The van der Waals surface area contributed by atoms with Gasteiger partial charge in [-0.2, -0.15) is 0 Å². The van der Waals surface area contributed by atoms with Crippen molar-refractivity contribution in [1.82, 2.24) is 10.2 Å². The summed E-state index contributed by atoms with van der Waals surface area (Å²) in [6, 6.07) is 0. The van der Waals surface area contributed by atoms with Gasteiger partial charge in [-0.25, -0.2) is 0 Å². The number of ether oxygens (including phenoxy) is 1. The number of hydrogen-bond donors (Lipinski definition) is 2. The minimum Gasteiger partial charge on any atom is -0.480 e. The standard InChI is InChI=1S/C10H20N2O3/c1-11-10(9(13)14)3-5-12(6-4-10)7-8-15-2/h11H,3-8H2,1-2H3,(H,13,14). The molecule has 0 bridgehead atoms. The molecule has 0 saturated carbocycles. The molecule has 88 valence electrons. The van der Waals surface area contributed by atoms with Gasteiger partial charge in [0.1, 0.15) is 5.54 Å². The summed E-state index contributed by atoms with van der Waals surface area (Å²) in [5.41, 5.74) is -0.719. The number of piperidine rings is 1. The summed E-state index contributed by atoms with van der Waals surface area (Å²) in [5.74, 6) is -0.739. The maximum Gasteiger partial charge on any atom is 0.323 e. The van der Waals surface area contributed by atoms with Gasteiger partial charge in [0.05, 0.1) is 6.61 Å². The first-order valence-corrected chi connectivity index (χ1v) is 5.28. The summed E-state index contributed by atoms with van der Waals surface area (Å²) >= 11 is 0. The van der Waals surface area contributed by atoms with Gasteiger partial charge in [-0.15, -0.1) is 0 Å². The minimum atomic E-state index is -0.739. The molecule has 1 aliphatic heterocycles. The molecule has 0 aromatic heterocycles. The molecule has 5 nitrogen and oxygen atoms in total. The topological polar surface area (TPSA) is 61.8 Å². The van der Waals surface area contributed by atoms with Crippen molar-refractivity contribution in [3.8, 4) is 0 Å². The van der Waals surface area contributed by atoms with Crippen LogP contribution in [0.15, 0.2) is 0 Å². The number of nitrogens with one attached hydrogen (secondary N) is 1. The lowest BCUT2D eigenvalue weighted by Crippen LogP contribution is -2.57. The summed E-state index contributed by atoms with van der Waals surface area (Å²) in [6.07, 6.45) is 1.31. The van der Waals surface area contributed by atoms with Crippen LogP contribution < -0.4 is 5.32 Å². The van der Waals surface area contributed by atoms with Gasteiger partial charge in [-0.05, 0) is 19.9 Å². The maximum atomic E-state index is 11.1. The number of nitrogens with zero attached hydrogens (tertiary/aromatic N) is 1. The molecule has 0 aromatic carbocycles. The van der Waals surface area contributed by atoms with Crippen molar-refractivity contribution in [2.75, 3.05) is 40.4 Å². The monoisotopic (exact) mass is 216 g/mol. The van der Waals surface area contributed by atoms with Crippen LogP contribution >= 0.6 is 0 Å². The van der Waals surface area contributed by atoms with Gasteiger partial charge in [0, 0.05) is 26.7 Å². The Labute approximate surface area is 90.4 Å². The zero-order valence-electron chi connectivity index (χ0n) is 9.45. The molecular weight excluding hydrogens is 196 g/mol. The molecule has 15 heavy (non-hydrogen) atoms. The number of rotatable bonds is 5. The highest BCUT2D eigenvalue weighted by atomic mass is 16.5. The SMILES string of the molecule is CNC1(C(=O)O)CCN(CCOC)CC1. The van der Waals surface area contributed by atoms with E-state index in [4.69, 9.17) is 9.84 Å². The molecule has 0 unspecified atom stereocenters. The molecule has 1 saturated heterocycles. The van der Waals surface area contributed by atoms with E-state index < -0.39 is 11.5 Å². The van der Waals surface area contributed by atoms with Crippen LogP contribution in [0.5, 0.6) is 0 Å². The molecule has 5 heteroatoms. The molecule has 1 heterocycles. The zero-order chi connectivity index (χ0) is 11.3. The number of hydrogen-bond acceptors (Lipinski definition) is 4. The first-order chi connectivity index (χ1) is 7.14. The third-order valence-corrected chi connectivity index (χ3v) is 3.21. The van der Waals surface area contributed by atoms with Gasteiger partial charge in [-0.3, -0.25) is 4.79 Å². The Morgan fingerprint density at radius 2 is 2.13 bits per heavy atom. The predicted octanol–water partition coefficient (Wildman–Crippen LogP) is -0.229. The second-order valence-electron chi connectivity index (χ2n) is 3.97. The molecule has 2 N–H and O–H groups in total. The van der Waals surface area contributed by atoms with E-state index in [-0.39, 0.29) is 0 Å². The molecule has 0 radical (unpaired) electrons. The maximum absolute atomic E-state index is 11.1. The van der Waals surface area contributed by atoms with E-state index in [0.29, 0.717) is 19.4 Å². The van der Waals surface area contributed by atoms with Crippen molar-refractivity contribution in [1.29, 1.82) is 0 Å². The Morgan fingerprint density at radius 1 is 1.53 bits per heavy atom. The molecule has 1 aliphatic rings. The third-order valence-electron chi connectivity index (χ3n) is 3.21. The number of carboxylic acids is 1. The summed E-state index contributed by atoms with van der Waals surface area (Å²) < 4.78 is 5.00. The van der Waals surface area contributed by atoms with Gasteiger partial charge < -0.3 is 20.1 Å². The molecule has 0 aromatic rings. The van der Waals surface area contributed by atoms with E-state index in [2.05, 4.69) is 10.2 Å². The smallest absolute Gasteiger partial charge is 0.323 e. The van der Waals surface area contributed by atoms with Gasteiger partial charge in [0.15, 0.2) is 0 Å². The Morgan fingerprint density at radius 3 is 2.53 bits per heavy atom. The quantitative estimate of drug-likeness (QED) is 0.665. The van der Waals surface area contributed by atoms with Crippen molar-refractivity contribution in [2.45, 2.75) is 18.4 Å². The molecule has 0 aliphatic carbocycles. The van der Waals surface area contributed by atoms with Crippen molar-refractivity contribution in [3.63, 3.8) is 0 Å². The van der Waals surface area contributed by atoms with Crippen LogP contribution in [0.4, 0.5) is 0 Å². The first kappa shape index (κ1) is 12.4. The van der Waals surface area contributed by atoms with Crippen LogP contribution in [0, 0.1) is 0 Å². The van der Waals surface area contributed by atoms with Crippen molar-refractivity contribution in [3.05, 3.63) is 0 Å². The van der Waals surface area contributed by atoms with Gasteiger partial charge >= 0.3 is 5.97 Å². The van der Waals surface area contributed by atoms with Crippen molar-refractivity contribution >= 4 is 5.97 Å². The second kappa shape index (κ2) is 5.44. The Balaban J connectivity index is 2.42. The summed E-state index contributed by atoms with van der Waals surface area (Å²) in [7, 11) is 3.40. The Bertz CT molecular complexity index is 213. The fraction of sp³-hybridized carbons (Fsp3) is 0.900. The first-order valence-electron chi connectivity index (χ1n) is 5.28. The lowest BCUT2D eigenvalue weighted by Gasteiger charge is -2.38. The fourth-order valence-corrected chi connectivity index (χ4v) is 1.95. The van der Waals surface area contributed by atoms with Crippen molar-refractivity contribution < 1.29 is 14.6 Å². The number of likely N-dealkylation sites (N-methyl/N-ethyl adjacent to an activating group) is 1. The number of carbonyl (C=O) groups is 1. The molecule has 0 amide bonds. The highest BCUT2D eigenvalue weighted by Gasteiger charge is 2.39. The van der Waals surface area contributed by atoms with E-state index in [1.165, 1.54) is 0 Å². The Hall–Kier alpha value is -0.650. The minimum absolute atomic E-state index is 0.655. The molecular formula is C10H20N2O3. The predicted molar refractivity (Wildman–Crippen MR) is 57.0 cm³/mol. The van der Waals surface area contributed by atoms with Crippen LogP contribution in [0.3, 0.4) is 0 Å². The summed E-state index contributed by atoms with van der Waals surface area (Å²) in [5, 5.41) is 12.1. The van der Waals surface area contributed by atoms with Crippen LogP contribution in [0.25, 0.3) is 0 Å². The average Bonchev–Trinajstić information content (AvgIpc) is 2.27. The molecule has 1 rings (SSSR count). The van der Waals surface area contributed by atoms with E-state index in [1.807, 2.05) is 0 Å². The van der Waals surface area contributed by atoms with E-state index >= 15 is 0 Å². The fourth-order valence-electron chi connectivity index (χ4n) is 1.95. The number of likely N-dealkylation sites (tertiary alicyclic amines) is 1.